The van der Waals surface area contributed by atoms with Crippen LogP contribution in [0.2, 0.25) is 0 Å². The van der Waals surface area contributed by atoms with Gasteiger partial charge in [-0.1, -0.05) is 42.5 Å². The molecule has 32 heavy (non-hydrogen) atoms. The summed E-state index contributed by atoms with van der Waals surface area (Å²) in [6, 6.07) is 15.8. The lowest BCUT2D eigenvalue weighted by molar-refractivity contribution is -0.384. The fraction of sp³-hybridized carbons (Fsp3) is 0.136. The molecule has 4 aromatic rings. The summed E-state index contributed by atoms with van der Waals surface area (Å²) in [6.07, 6.45) is 1.30. The quantitative estimate of drug-likeness (QED) is 0.326. The minimum absolute atomic E-state index is 0.00470. The molecule has 0 spiro atoms. The van der Waals surface area contributed by atoms with E-state index in [1.807, 2.05) is 37.3 Å². The summed E-state index contributed by atoms with van der Waals surface area (Å²) in [4.78, 5) is 42.0. The van der Waals surface area contributed by atoms with E-state index in [0.717, 1.165) is 20.7 Å². The average molecular weight is 449 g/mol. The van der Waals surface area contributed by atoms with Gasteiger partial charge in [0.1, 0.15) is 16.8 Å². The molecule has 2 aromatic heterocycles. The zero-order valence-corrected chi connectivity index (χ0v) is 17.9. The van der Waals surface area contributed by atoms with Crippen LogP contribution >= 0.6 is 11.3 Å². The molecular weight excluding hydrogens is 430 g/mol. The number of carbonyl (C=O) groups is 1. The zero-order chi connectivity index (χ0) is 22.7. The minimum Gasteiger partial charge on any atom is -0.379 e. The summed E-state index contributed by atoms with van der Waals surface area (Å²) < 4.78 is 1.08. The predicted molar refractivity (Wildman–Crippen MR) is 125 cm³/mol. The summed E-state index contributed by atoms with van der Waals surface area (Å²) in [5.41, 5.74) is 4.16. The van der Waals surface area contributed by atoms with Crippen molar-refractivity contribution in [2.24, 2.45) is 0 Å². The minimum atomic E-state index is -0.490. The number of hydrogen-bond donors (Lipinski definition) is 2. The first-order valence-corrected chi connectivity index (χ1v) is 10.6. The van der Waals surface area contributed by atoms with Crippen LogP contribution in [-0.2, 0) is 4.79 Å². The van der Waals surface area contributed by atoms with E-state index in [4.69, 9.17) is 0 Å². The van der Waals surface area contributed by atoms with E-state index in [2.05, 4.69) is 15.7 Å². The molecule has 1 amide bonds. The first-order valence-electron chi connectivity index (χ1n) is 9.79. The van der Waals surface area contributed by atoms with Crippen LogP contribution in [0.15, 0.2) is 65.7 Å². The van der Waals surface area contributed by atoms with Gasteiger partial charge in [0.25, 0.3) is 11.2 Å². The molecule has 0 atom stereocenters. The van der Waals surface area contributed by atoms with Gasteiger partial charge in [-0.05, 0) is 18.6 Å². The van der Waals surface area contributed by atoms with Crippen molar-refractivity contribution in [1.29, 1.82) is 0 Å². The number of aromatic nitrogens is 2. The number of anilines is 1. The third-order valence-corrected chi connectivity index (χ3v) is 5.88. The molecule has 0 bridgehead atoms. The van der Waals surface area contributed by atoms with Crippen LogP contribution in [-0.4, -0.2) is 27.0 Å². The summed E-state index contributed by atoms with van der Waals surface area (Å²) >= 11 is 1.43. The topological polar surface area (TPSA) is 119 Å². The molecule has 4 rings (SSSR count). The number of nitrogens with zero attached hydrogens (tertiary/aromatic N) is 3. The molecule has 0 saturated carbocycles. The van der Waals surface area contributed by atoms with Crippen LogP contribution in [0.5, 0.6) is 0 Å². The van der Waals surface area contributed by atoms with E-state index in [1.54, 1.807) is 18.2 Å². The molecular formula is C22H19N5O4S. The molecule has 0 aliphatic rings. The van der Waals surface area contributed by atoms with Crippen LogP contribution < -0.4 is 16.3 Å². The van der Waals surface area contributed by atoms with Gasteiger partial charge in [0.15, 0.2) is 0 Å². The summed E-state index contributed by atoms with van der Waals surface area (Å²) in [5.74, 6) is -0.424. The van der Waals surface area contributed by atoms with Crippen molar-refractivity contribution >= 4 is 38.8 Å². The van der Waals surface area contributed by atoms with Gasteiger partial charge in [-0.25, -0.2) is 9.66 Å². The third kappa shape index (κ3) is 4.21. The fourth-order valence-corrected chi connectivity index (χ4v) is 4.42. The van der Waals surface area contributed by atoms with Crippen molar-refractivity contribution in [3.05, 3.63) is 86.3 Å². The van der Waals surface area contributed by atoms with E-state index in [9.17, 15) is 19.7 Å². The highest BCUT2D eigenvalue weighted by Gasteiger charge is 2.18. The number of hydrogen-bond acceptors (Lipinski definition) is 7. The molecule has 9 nitrogen and oxygen atoms in total. The SMILES string of the molecule is Cc1sc2ncn(NC(=O)CCNc3ccccc3[N+](=O)[O-])c(=O)c2c1-c1ccccc1. The van der Waals surface area contributed by atoms with Crippen LogP contribution in [0.25, 0.3) is 21.3 Å². The van der Waals surface area contributed by atoms with E-state index in [0.29, 0.717) is 15.9 Å². The molecule has 0 aliphatic carbocycles. The Kier molecular flexibility index (Phi) is 5.95. The molecule has 10 heteroatoms. The summed E-state index contributed by atoms with van der Waals surface area (Å²) in [6.45, 7) is 2.10. The lowest BCUT2D eigenvalue weighted by atomic mass is 10.0. The molecule has 162 valence electrons. The lowest BCUT2D eigenvalue weighted by Gasteiger charge is -2.10. The molecule has 2 heterocycles. The van der Waals surface area contributed by atoms with Crippen molar-refractivity contribution in [2.45, 2.75) is 13.3 Å². The number of amides is 1. The van der Waals surface area contributed by atoms with Gasteiger partial charge in [0, 0.05) is 29.5 Å². The van der Waals surface area contributed by atoms with Crippen molar-refractivity contribution in [1.82, 2.24) is 9.66 Å². The number of thiophene rings is 1. The van der Waals surface area contributed by atoms with Gasteiger partial charge in [-0.2, -0.15) is 0 Å². The summed E-state index contributed by atoms with van der Waals surface area (Å²) in [7, 11) is 0. The molecule has 0 unspecified atom stereocenters. The van der Waals surface area contributed by atoms with Crippen molar-refractivity contribution in [3.63, 3.8) is 0 Å². The van der Waals surface area contributed by atoms with Crippen LogP contribution in [0, 0.1) is 17.0 Å². The first-order chi connectivity index (χ1) is 15.5. The fourth-order valence-electron chi connectivity index (χ4n) is 3.42. The van der Waals surface area contributed by atoms with Crippen molar-refractivity contribution < 1.29 is 9.72 Å². The number of nitrogens with one attached hydrogen (secondary N) is 2. The van der Waals surface area contributed by atoms with Crippen LogP contribution in [0.3, 0.4) is 0 Å². The van der Waals surface area contributed by atoms with Crippen LogP contribution in [0.4, 0.5) is 11.4 Å². The van der Waals surface area contributed by atoms with Gasteiger partial charge >= 0.3 is 0 Å². The van der Waals surface area contributed by atoms with Gasteiger partial charge in [0.05, 0.1) is 10.3 Å². The number of nitro benzene ring substituents is 1. The van der Waals surface area contributed by atoms with Gasteiger partial charge in [-0.15, -0.1) is 11.3 Å². The molecule has 0 fully saturated rings. The molecule has 0 aliphatic heterocycles. The largest absolute Gasteiger partial charge is 0.379 e. The summed E-state index contributed by atoms with van der Waals surface area (Å²) in [5, 5.41) is 14.4. The standard InChI is InChI=1S/C22H19N5O4S/c1-14-19(15-7-3-2-4-8-15)20-21(32-14)24-13-26(22(20)29)25-18(28)11-12-23-16-9-5-6-10-17(16)27(30)31/h2-10,13,23H,11-12H2,1H3,(H,25,28). The Morgan fingerprint density at radius 1 is 1.16 bits per heavy atom. The molecule has 0 saturated heterocycles. The smallest absolute Gasteiger partial charge is 0.292 e. The predicted octanol–water partition coefficient (Wildman–Crippen LogP) is 3.91. The Hall–Kier alpha value is -4.05. The van der Waals surface area contributed by atoms with Crippen LogP contribution in [0.1, 0.15) is 11.3 Å². The number of benzene rings is 2. The second kappa shape index (κ2) is 8.98. The first kappa shape index (κ1) is 21.2. The van der Waals surface area contributed by atoms with E-state index >= 15 is 0 Å². The monoisotopic (exact) mass is 449 g/mol. The molecule has 2 aromatic carbocycles. The van der Waals surface area contributed by atoms with Crippen molar-refractivity contribution in [2.75, 3.05) is 17.3 Å². The van der Waals surface area contributed by atoms with Gasteiger partial charge in [0.2, 0.25) is 5.91 Å². The Morgan fingerprint density at radius 3 is 2.62 bits per heavy atom. The Bertz CT molecular complexity index is 1360. The molecule has 2 N–H and O–H groups in total. The number of rotatable bonds is 7. The average Bonchev–Trinajstić information content (AvgIpc) is 3.13. The zero-order valence-electron chi connectivity index (χ0n) is 17.1. The number of aryl methyl sites for hydroxylation is 1. The van der Waals surface area contributed by atoms with E-state index in [-0.39, 0.29) is 24.2 Å². The maximum Gasteiger partial charge on any atom is 0.292 e. The molecule has 0 radical (unpaired) electrons. The second-order valence-corrected chi connectivity index (χ2v) is 8.19. The highest BCUT2D eigenvalue weighted by Crippen LogP contribution is 2.35. The van der Waals surface area contributed by atoms with Gasteiger partial charge < -0.3 is 5.32 Å². The number of carbonyl (C=O) groups excluding carboxylic acids is 1. The Labute approximate surface area is 186 Å². The number of fused-ring (bicyclic) bond motifs is 1. The highest BCUT2D eigenvalue weighted by molar-refractivity contribution is 7.19. The Balaban J connectivity index is 1.51. The normalized spacial score (nSPS) is 10.8. The number of nitro groups is 1. The Morgan fingerprint density at radius 2 is 1.88 bits per heavy atom. The van der Waals surface area contributed by atoms with E-state index < -0.39 is 10.8 Å². The number of para-hydroxylation sites is 2. The van der Waals surface area contributed by atoms with Gasteiger partial charge in [-0.3, -0.25) is 25.1 Å². The second-order valence-electron chi connectivity index (χ2n) is 6.99. The maximum atomic E-state index is 13.1. The maximum absolute atomic E-state index is 13.1. The van der Waals surface area contributed by atoms with E-state index in [1.165, 1.54) is 23.7 Å². The third-order valence-electron chi connectivity index (χ3n) is 4.86. The highest BCUT2D eigenvalue weighted by atomic mass is 32.1. The van der Waals surface area contributed by atoms with Crippen molar-refractivity contribution in [3.8, 4) is 11.1 Å². The lowest BCUT2D eigenvalue weighted by Crippen LogP contribution is -2.33.